The molecule has 132 valence electrons. The molecule has 3 rings (SSSR count). The average Bonchev–Trinajstić information content (AvgIpc) is 2.58. The molecule has 0 aliphatic carbocycles. The fourth-order valence-electron chi connectivity index (χ4n) is 2.49. The van der Waals surface area contributed by atoms with E-state index in [0.717, 1.165) is 41.5 Å². The van der Waals surface area contributed by atoms with E-state index in [-0.39, 0.29) is 5.91 Å². The van der Waals surface area contributed by atoms with Crippen molar-refractivity contribution in [3.05, 3.63) is 46.7 Å². The fraction of sp³-hybridized carbons (Fsp3) is 0.333. The Bertz CT molecular complexity index is 781. The molecule has 25 heavy (non-hydrogen) atoms. The van der Waals surface area contributed by atoms with E-state index in [4.69, 9.17) is 21.1 Å². The molecule has 1 fully saturated rings. The van der Waals surface area contributed by atoms with Crippen molar-refractivity contribution in [3.63, 3.8) is 0 Å². The molecule has 7 heteroatoms. The molecule has 5 nitrogen and oxygen atoms in total. The fourth-order valence-corrected chi connectivity index (χ4v) is 3.75. The van der Waals surface area contributed by atoms with Gasteiger partial charge in [-0.15, -0.1) is 11.8 Å². The molecular formula is C18H19ClN2O3S. The Morgan fingerprint density at radius 1 is 1.28 bits per heavy atom. The first kappa shape index (κ1) is 17.9. The van der Waals surface area contributed by atoms with E-state index in [9.17, 15) is 4.79 Å². The summed E-state index contributed by atoms with van der Waals surface area (Å²) in [6.07, 6.45) is 2.57. The Balaban J connectivity index is 1.81. The first-order valence-electron chi connectivity index (χ1n) is 7.91. The van der Waals surface area contributed by atoms with Gasteiger partial charge in [0.25, 0.3) is 5.91 Å². The van der Waals surface area contributed by atoms with E-state index in [1.165, 1.54) is 18.0 Å². The van der Waals surface area contributed by atoms with E-state index in [2.05, 4.69) is 4.98 Å². The molecule has 1 saturated heterocycles. The highest BCUT2D eigenvalue weighted by Gasteiger charge is 2.25. The highest BCUT2D eigenvalue weighted by atomic mass is 35.5. The van der Waals surface area contributed by atoms with Crippen LogP contribution in [0.25, 0.3) is 0 Å². The monoisotopic (exact) mass is 378 g/mol. The lowest BCUT2D eigenvalue weighted by atomic mass is 10.2. The van der Waals surface area contributed by atoms with Crippen LogP contribution >= 0.6 is 23.4 Å². The standard InChI is InChI=1S/C18H19ClN2O3S/c1-23-14-5-4-12(15(9-14)24-2)11-25-16-8-13(19)10-20-17(16)18(22)21-6-3-7-21/h4-5,8-10H,3,6-7,11H2,1-2H3. The van der Waals surface area contributed by atoms with Gasteiger partial charge in [0.05, 0.1) is 19.2 Å². The molecule has 0 radical (unpaired) electrons. The van der Waals surface area contributed by atoms with Crippen molar-refractivity contribution in [1.82, 2.24) is 9.88 Å². The van der Waals surface area contributed by atoms with E-state index >= 15 is 0 Å². The van der Waals surface area contributed by atoms with Crippen LogP contribution in [0.2, 0.25) is 5.02 Å². The summed E-state index contributed by atoms with van der Waals surface area (Å²) in [5.41, 5.74) is 1.47. The van der Waals surface area contributed by atoms with Crippen LogP contribution in [-0.2, 0) is 5.75 Å². The van der Waals surface area contributed by atoms with Gasteiger partial charge in [0.15, 0.2) is 0 Å². The number of halogens is 1. The first-order chi connectivity index (χ1) is 12.1. The number of rotatable bonds is 6. The van der Waals surface area contributed by atoms with Gasteiger partial charge in [-0.3, -0.25) is 4.79 Å². The van der Waals surface area contributed by atoms with Crippen LogP contribution in [0.15, 0.2) is 35.4 Å². The highest BCUT2D eigenvalue weighted by molar-refractivity contribution is 7.98. The number of carbonyl (C=O) groups excluding carboxylic acids is 1. The number of hydrogen-bond donors (Lipinski definition) is 0. The molecule has 1 aromatic heterocycles. The van der Waals surface area contributed by atoms with Crippen LogP contribution < -0.4 is 9.47 Å². The number of likely N-dealkylation sites (tertiary alicyclic amines) is 1. The van der Waals surface area contributed by atoms with E-state index in [1.807, 2.05) is 18.2 Å². The average molecular weight is 379 g/mol. The number of hydrogen-bond acceptors (Lipinski definition) is 5. The molecule has 2 heterocycles. The Labute approximate surface area is 156 Å². The molecule has 1 aromatic carbocycles. The summed E-state index contributed by atoms with van der Waals surface area (Å²) < 4.78 is 10.7. The van der Waals surface area contributed by atoms with Gasteiger partial charge in [0.1, 0.15) is 17.2 Å². The molecule has 0 saturated carbocycles. The number of amides is 1. The van der Waals surface area contributed by atoms with Gasteiger partial charge in [0, 0.05) is 41.6 Å². The lowest BCUT2D eigenvalue weighted by molar-refractivity contribution is 0.0641. The number of nitrogens with zero attached hydrogens (tertiary/aromatic N) is 2. The second-order valence-corrected chi connectivity index (χ2v) is 7.07. The first-order valence-corrected chi connectivity index (χ1v) is 9.27. The summed E-state index contributed by atoms with van der Waals surface area (Å²) in [7, 11) is 3.25. The number of methoxy groups -OCH3 is 2. The zero-order valence-corrected chi connectivity index (χ0v) is 15.7. The zero-order valence-electron chi connectivity index (χ0n) is 14.1. The molecule has 0 unspecified atom stereocenters. The normalized spacial score (nSPS) is 13.3. The third-order valence-electron chi connectivity index (χ3n) is 4.04. The van der Waals surface area contributed by atoms with Crippen molar-refractivity contribution in [2.24, 2.45) is 0 Å². The highest BCUT2D eigenvalue weighted by Crippen LogP contribution is 2.33. The lowest BCUT2D eigenvalue weighted by Gasteiger charge is -2.31. The van der Waals surface area contributed by atoms with Crippen molar-refractivity contribution in [2.45, 2.75) is 17.1 Å². The Kier molecular flexibility index (Phi) is 5.71. The summed E-state index contributed by atoms with van der Waals surface area (Å²) in [4.78, 5) is 19.4. The lowest BCUT2D eigenvalue weighted by Crippen LogP contribution is -2.42. The van der Waals surface area contributed by atoms with Crippen LogP contribution in [0.5, 0.6) is 11.5 Å². The Morgan fingerprint density at radius 3 is 2.72 bits per heavy atom. The van der Waals surface area contributed by atoms with E-state index < -0.39 is 0 Å². The maximum atomic E-state index is 12.5. The number of benzene rings is 1. The minimum Gasteiger partial charge on any atom is -0.497 e. The van der Waals surface area contributed by atoms with E-state index in [0.29, 0.717) is 16.5 Å². The van der Waals surface area contributed by atoms with Crippen LogP contribution in [-0.4, -0.2) is 43.1 Å². The molecular weight excluding hydrogens is 360 g/mol. The topological polar surface area (TPSA) is 51.7 Å². The summed E-state index contributed by atoms with van der Waals surface area (Å²) in [6, 6.07) is 7.49. The Hall–Kier alpha value is -1.92. The van der Waals surface area contributed by atoms with Gasteiger partial charge in [-0.25, -0.2) is 4.98 Å². The molecule has 2 aromatic rings. The van der Waals surface area contributed by atoms with Crippen LogP contribution in [0, 0.1) is 0 Å². The van der Waals surface area contributed by atoms with Gasteiger partial charge in [-0.1, -0.05) is 17.7 Å². The van der Waals surface area contributed by atoms with Crippen LogP contribution in [0.3, 0.4) is 0 Å². The molecule has 0 N–H and O–H groups in total. The zero-order chi connectivity index (χ0) is 17.8. The summed E-state index contributed by atoms with van der Waals surface area (Å²) >= 11 is 7.61. The molecule has 1 aliphatic heterocycles. The van der Waals surface area contributed by atoms with Gasteiger partial charge >= 0.3 is 0 Å². The SMILES string of the molecule is COc1ccc(CSc2cc(Cl)cnc2C(=O)N2CCC2)c(OC)c1. The largest absolute Gasteiger partial charge is 0.497 e. The van der Waals surface area contributed by atoms with Crippen molar-refractivity contribution < 1.29 is 14.3 Å². The van der Waals surface area contributed by atoms with Crippen molar-refractivity contribution >= 4 is 29.3 Å². The predicted molar refractivity (Wildman–Crippen MR) is 98.9 cm³/mol. The molecule has 0 spiro atoms. The minimum atomic E-state index is -0.0351. The van der Waals surface area contributed by atoms with Crippen molar-refractivity contribution in [2.75, 3.05) is 27.3 Å². The minimum absolute atomic E-state index is 0.0351. The smallest absolute Gasteiger partial charge is 0.273 e. The van der Waals surface area contributed by atoms with Crippen LogP contribution in [0.4, 0.5) is 0 Å². The third kappa shape index (κ3) is 4.02. The van der Waals surface area contributed by atoms with Gasteiger partial charge in [0.2, 0.25) is 0 Å². The molecule has 0 bridgehead atoms. The van der Waals surface area contributed by atoms with Gasteiger partial charge < -0.3 is 14.4 Å². The summed E-state index contributed by atoms with van der Waals surface area (Å²) in [5.74, 6) is 2.09. The number of pyridine rings is 1. The molecule has 1 aliphatic rings. The quantitative estimate of drug-likeness (QED) is 0.714. The number of aromatic nitrogens is 1. The Morgan fingerprint density at radius 2 is 2.08 bits per heavy atom. The van der Waals surface area contributed by atoms with Crippen LogP contribution in [0.1, 0.15) is 22.5 Å². The van der Waals surface area contributed by atoms with Gasteiger partial charge in [-0.2, -0.15) is 0 Å². The second-order valence-electron chi connectivity index (χ2n) is 5.61. The maximum Gasteiger partial charge on any atom is 0.273 e. The summed E-state index contributed by atoms with van der Waals surface area (Å²) in [6.45, 7) is 1.58. The van der Waals surface area contributed by atoms with E-state index in [1.54, 1.807) is 25.2 Å². The number of carbonyl (C=O) groups is 1. The second kappa shape index (κ2) is 7.97. The maximum absolute atomic E-state index is 12.5. The van der Waals surface area contributed by atoms with Crippen molar-refractivity contribution in [1.29, 1.82) is 0 Å². The summed E-state index contributed by atoms with van der Waals surface area (Å²) in [5, 5.41) is 0.518. The number of ether oxygens (including phenoxy) is 2. The van der Waals surface area contributed by atoms with Gasteiger partial charge in [-0.05, 0) is 18.6 Å². The third-order valence-corrected chi connectivity index (χ3v) is 5.33. The predicted octanol–water partition coefficient (Wildman–Crippen LogP) is 3.89. The molecule has 1 amide bonds. The molecule has 0 atom stereocenters. The van der Waals surface area contributed by atoms with Crippen molar-refractivity contribution in [3.8, 4) is 11.5 Å². The number of thioether (sulfide) groups is 1.